The van der Waals surface area contributed by atoms with Gasteiger partial charge in [-0.1, -0.05) is 23.7 Å². The number of nitro benzene ring substituents is 1. The number of ether oxygens (including phenoxy) is 3. The van der Waals surface area contributed by atoms with E-state index in [1.54, 1.807) is 30.3 Å². The van der Waals surface area contributed by atoms with Crippen LogP contribution in [-0.2, 0) is 13.2 Å². The van der Waals surface area contributed by atoms with Gasteiger partial charge in [0.05, 0.1) is 18.2 Å². The Balaban J connectivity index is 1.20. The van der Waals surface area contributed by atoms with Gasteiger partial charge in [0, 0.05) is 45.9 Å². The Morgan fingerprint density at radius 3 is 2.47 bits per heavy atom. The van der Waals surface area contributed by atoms with Crippen LogP contribution < -0.4 is 19.6 Å². The lowest BCUT2D eigenvalue weighted by atomic mass is 10.2. The summed E-state index contributed by atoms with van der Waals surface area (Å²) >= 11 is 6.24. The fourth-order valence-corrected chi connectivity index (χ4v) is 4.84. The number of carbonyl (C=O) groups excluding carboxylic acids is 1. The van der Waals surface area contributed by atoms with Gasteiger partial charge in [-0.2, -0.15) is 5.10 Å². The zero-order valence-corrected chi connectivity index (χ0v) is 25.4. The van der Waals surface area contributed by atoms with Crippen molar-refractivity contribution >= 4 is 29.4 Å². The van der Waals surface area contributed by atoms with Crippen molar-refractivity contribution < 1.29 is 28.3 Å². The summed E-state index contributed by atoms with van der Waals surface area (Å²) in [5, 5.41) is 15.5. The lowest BCUT2D eigenvalue weighted by Crippen LogP contribution is -2.17. The number of amides is 1. The molecule has 0 aliphatic carbocycles. The molecule has 11 nitrogen and oxygen atoms in total. The van der Waals surface area contributed by atoms with Crippen LogP contribution in [0.2, 0.25) is 5.02 Å². The molecule has 0 radical (unpaired) electrons. The zero-order chi connectivity index (χ0) is 31.9. The maximum atomic E-state index is 12.7. The third kappa shape index (κ3) is 7.51. The molecule has 0 atom stereocenters. The molecule has 2 heterocycles. The monoisotopic (exact) mass is 628 g/mol. The molecule has 0 aliphatic heterocycles. The van der Waals surface area contributed by atoms with Crippen LogP contribution in [0.4, 0.5) is 5.69 Å². The number of halogens is 1. The van der Waals surface area contributed by atoms with E-state index in [0.717, 1.165) is 17.1 Å². The van der Waals surface area contributed by atoms with Crippen LogP contribution in [0.5, 0.6) is 17.2 Å². The average molecular weight is 629 g/mol. The van der Waals surface area contributed by atoms with Gasteiger partial charge in [0.25, 0.3) is 5.69 Å². The predicted octanol–water partition coefficient (Wildman–Crippen LogP) is 7.18. The molecule has 5 rings (SSSR count). The first kappa shape index (κ1) is 30.9. The molecule has 45 heavy (non-hydrogen) atoms. The molecule has 3 aromatic carbocycles. The second-order valence-corrected chi connectivity index (χ2v) is 10.4. The van der Waals surface area contributed by atoms with Crippen molar-refractivity contribution in [1.82, 2.24) is 9.99 Å². The van der Waals surface area contributed by atoms with Crippen molar-refractivity contribution in [3.05, 3.63) is 134 Å². The van der Waals surface area contributed by atoms with E-state index >= 15 is 0 Å². The fraction of sp³-hybridized carbons (Fsp3) is 0.152. The highest BCUT2D eigenvalue weighted by Crippen LogP contribution is 2.34. The summed E-state index contributed by atoms with van der Waals surface area (Å²) < 4.78 is 25.0. The van der Waals surface area contributed by atoms with Gasteiger partial charge in [-0.15, -0.1) is 0 Å². The number of methoxy groups -OCH3 is 1. The smallest absolute Gasteiger partial charge is 0.307 e. The third-order valence-corrected chi connectivity index (χ3v) is 6.99. The van der Waals surface area contributed by atoms with Crippen LogP contribution >= 0.6 is 11.6 Å². The minimum Gasteiger partial charge on any atom is -0.493 e. The van der Waals surface area contributed by atoms with Crippen molar-refractivity contribution in [2.75, 3.05) is 7.11 Å². The highest BCUT2D eigenvalue weighted by atomic mass is 35.5. The van der Waals surface area contributed by atoms with Gasteiger partial charge >= 0.3 is 5.91 Å². The van der Waals surface area contributed by atoms with Gasteiger partial charge in [-0.05, 0) is 74.0 Å². The van der Waals surface area contributed by atoms with E-state index in [9.17, 15) is 14.9 Å². The minimum atomic E-state index is -0.577. The molecule has 0 fully saturated rings. The number of benzene rings is 3. The van der Waals surface area contributed by atoms with Gasteiger partial charge in [-0.3, -0.25) is 14.9 Å². The number of rotatable bonds is 12. The molecule has 0 spiro atoms. The average Bonchev–Trinajstić information content (AvgIpc) is 3.65. The summed E-state index contributed by atoms with van der Waals surface area (Å²) in [6, 6.07) is 24.3. The van der Waals surface area contributed by atoms with Crippen molar-refractivity contribution in [2.24, 2.45) is 5.10 Å². The van der Waals surface area contributed by atoms with Crippen LogP contribution in [0.15, 0.2) is 94.4 Å². The van der Waals surface area contributed by atoms with E-state index in [2.05, 4.69) is 41.1 Å². The maximum Gasteiger partial charge on any atom is 0.307 e. The number of nitrogens with one attached hydrogen (secondary N) is 1. The minimum absolute atomic E-state index is 0.0146. The van der Waals surface area contributed by atoms with E-state index in [1.165, 1.54) is 31.5 Å². The number of nitrogens with zero attached hydrogens (tertiary/aromatic N) is 3. The van der Waals surface area contributed by atoms with E-state index in [4.69, 9.17) is 30.2 Å². The number of aryl methyl sites for hydroxylation is 2. The lowest BCUT2D eigenvalue weighted by Gasteiger charge is -2.14. The van der Waals surface area contributed by atoms with E-state index in [0.29, 0.717) is 33.4 Å². The third-order valence-electron chi connectivity index (χ3n) is 6.78. The van der Waals surface area contributed by atoms with Crippen molar-refractivity contribution in [2.45, 2.75) is 27.1 Å². The molecule has 230 valence electrons. The largest absolute Gasteiger partial charge is 0.493 e. The zero-order valence-electron chi connectivity index (χ0n) is 24.7. The number of nitro groups is 1. The number of aromatic nitrogens is 1. The highest BCUT2D eigenvalue weighted by Gasteiger charge is 2.15. The van der Waals surface area contributed by atoms with Gasteiger partial charge < -0.3 is 23.2 Å². The first-order valence-electron chi connectivity index (χ1n) is 13.8. The number of hydrogen-bond donors (Lipinski definition) is 1. The summed E-state index contributed by atoms with van der Waals surface area (Å²) in [7, 11) is 1.45. The van der Waals surface area contributed by atoms with Crippen LogP contribution in [0.25, 0.3) is 5.69 Å². The van der Waals surface area contributed by atoms with Crippen LogP contribution in [-0.4, -0.2) is 28.7 Å². The molecule has 1 amide bonds. The molecule has 0 bridgehead atoms. The van der Waals surface area contributed by atoms with Crippen LogP contribution in [0.1, 0.15) is 38.8 Å². The summed E-state index contributed by atoms with van der Waals surface area (Å²) in [6.07, 6.45) is 1.35. The molecule has 0 saturated heterocycles. The Morgan fingerprint density at radius 1 is 1.00 bits per heavy atom. The molecule has 1 N–H and O–H groups in total. The normalized spacial score (nSPS) is 11.0. The van der Waals surface area contributed by atoms with Gasteiger partial charge in [0.15, 0.2) is 17.3 Å². The second-order valence-electron chi connectivity index (χ2n) is 9.94. The standard InChI is InChI=1S/C33H29ClN4O7/c1-21-7-8-22(2)37(21)26-9-11-28(12-10-26)43-20-29-13-14-30(45-29)33(39)36-35-18-24-16-25(34)17-31(42-3)32(24)44-19-23-5-4-6-27(15-23)38(40)41/h4-18H,19-20H2,1-3H3,(H,36,39). The summed E-state index contributed by atoms with van der Waals surface area (Å²) in [5.41, 5.74) is 6.68. The first-order chi connectivity index (χ1) is 21.7. The summed E-state index contributed by atoms with van der Waals surface area (Å²) in [6.45, 7) is 4.25. The Labute approximate surface area is 263 Å². The number of furan rings is 1. The molecular weight excluding hydrogens is 600 g/mol. The van der Waals surface area contributed by atoms with Gasteiger partial charge in [-0.25, -0.2) is 5.43 Å². The molecule has 2 aromatic heterocycles. The van der Waals surface area contributed by atoms with Crippen LogP contribution in [0.3, 0.4) is 0 Å². The maximum absolute atomic E-state index is 12.7. The lowest BCUT2D eigenvalue weighted by molar-refractivity contribution is -0.384. The topological polar surface area (TPSA) is 130 Å². The molecule has 12 heteroatoms. The van der Waals surface area contributed by atoms with Gasteiger partial charge in [0.1, 0.15) is 24.7 Å². The Hall–Kier alpha value is -5.55. The molecule has 0 unspecified atom stereocenters. The summed E-state index contributed by atoms with van der Waals surface area (Å²) in [4.78, 5) is 23.3. The Kier molecular flexibility index (Phi) is 9.49. The van der Waals surface area contributed by atoms with Crippen molar-refractivity contribution in [3.63, 3.8) is 0 Å². The predicted molar refractivity (Wildman–Crippen MR) is 169 cm³/mol. The number of hydrazone groups is 1. The number of hydrogen-bond acceptors (Lipinski definition) is 8. The summed E-state index contributed by atoms with van der Waals surface area (Å²) in [5.74, 6) is 1.20. The quantitative estimate of drug-likeness (QED) is 0.0879. The van der Waals surface area contributed by atoms with Crippen LogP contribution in [0, 0.1) is 24.0 Å². The first-order valence-corrected chi connectivity index (χ1v) is 14.1. The van der Waals surface area contributed by atoms with Gasteiger partial charge in [0.2, 0.25) is 0 Å². The Bertz CT molecular complexity index is 1840. The van der Waals surface area contributed by atoms with Crippen molar-refractivity contribution in [1.29, 1.82) is 0 Å². The molecular formula is C33H29ClN4O7. The van der Waals surface area contributed by atoms with E-state index < -0.39 is 10.8 Å². The SMILES string of the molecule is COc1cc(Cl)cc(C=NNC(=O)c2ccc(COc3ccc(-n4c(C)ccc4C)cc3)o2)c1OCc1cccc([N+](=O)[O-])c1. The second kappa shape index (κ2) is 13.8. The van der Waals surface area contributed by atoms with E-state index in [1.807, 2.05) is 24.3 Å². The molecule has 0 saturated carbocycles. The molecule has 0 aliphatic rings. The Morgan fingerprint density at radius 2 is 1.76 bits per heavy atom. The van der Waals surface area contributed by atoms with Crippen molar-refractivity contribution in [3.8, 4) is 22.9 Å². The highest BCUT2D eigenvalue weighted by molar-refractivity contribution is 6.31. The fourth-order valence-electron chi connectivity index (χ4n) is 4.62. The number of non-ortho nitro benzene ring substituents is 1. The molecule has 5 aromatic rings. The number of carbonyl (C=O) groups is 1. The van der Waals surface area contributed by atoms with E-state index in [-0.39, 0.29) is 30.4 Å².